The van der Waals surface area contributed by atoms with Crippen molar-refractivity contribution in [2.75, 3.05) is 18.4 Å². The molecule has 1 aliphatic rings. The highest BCUT2D eigenvalue weighted by Gasteiger charge is 2.21. The van der Waals surface area contributed by atoms with E-state index in [0.29, 0.717) is 12.0 Å². The van der Waals surface area contributed by atoms with Crippen LogP contribution in [-0.4, -0.2) is 19.1 Å². The molecule has 0 aromatic heterocycles. The molecule has 0 radical (unpaired) electrons. The number of hydrogen-bond acceptors (Lipinski definition) is 2. The van der Waals surface area contributed by atoms with Crippen molar-refractivity contribution in [2.24, 2.45) is 0 Å². The summed E-state index contributed by atoms with van der Waals surface area (Å²) >= 11 is 3.61. The number of hydrogen-bond donors (Lipinski definition) is 2. The number of benzene rings is 1. The Morgan fingerprint density at radius 2 is 2.31 bits per heavy atom. The first-order valence-electron chi connectivity index (χ1n) is 5.94. The quantitative estimate of drug-likeness (QED) is 0.889. The molecule has 16 heavy (non-hydrogen) atoms. The van der Waals surface area contributed by atoms with E-state index in [1.807, 2.05) is 0 Å². The lowest BCUT2D eigenvalue weighted by atomic mass is 9.91. The monoisotopic (exact) mass is 282 g/mol. The summed E-state index contributed by atoms with van der Waals surface area (Å²) in [6.07, 6.45) is 1.21. The molecule has 1 heterocycles. The van der Waals surface area contributed by atoms with Crippen molar-refractivity contribution in [1.82, 2.24) is 5.32 Å². The van der Waals surface area contributed by atoms with Crippen LogP contribution in [0.1, 0.15) is 31.7 Å². The molecule has 1 atom stereocenters. The largest absolute Gasteiger partial charge is 0.384 e. The average Bonchev–Trinajstić information content (AvgIpc) is 2.27. The van der Waals surface area contributed by atoms with E-state index in [1.165, 1.54) is 22.1 Å². The fourth-order valence-electron chi connectivity index (χ4n) is 2.18. The number of para-hydroxylation sites is 1. The van der Waals surface area contributed by atoms with Crippen LogP contribution in [0.4, 0.5) is 5.69 Å². The van der Waals surface area contributed by atoms with Gasteiger partial charge in [-0.15, -0.1) is 0 Å². The van der Waals surface area contributed by atoms with Crippen LogP contribution in [-0.2, 0) is 0 Å². The smallest absolute Gasteiger partial charge is 0.0520 e. The van der Waals surface area contributed by atoms with Crippen LogP contribution in [0.15, 0.2) is 22.7 Å². The predicted octanol–water partition coefficient (Wildman–Crippen LogP) is 3.35. The maximum atomic E-state index is 3.61. The Labute approximate surface area is 106 Å². The van der Waals surface area contributed by atoms with Gasteiger partial charge in [0.15, 0.2) is 0 Å². The van der Waals surface area contributed by atoms with Gasteiger partial charge in [-0.05, 0) is 34.0 Å². The Hall–Kier alpha value is -0.540. The highest BCUT2D eigenvalue weighted by molar-refractivity contribution is 9.10. The summed E-state index contributed by atoms with van der Waals surface area (Å²) in [6, 6.07) is 7.02. The second-order valence-corrected chi connectivity index (χ2v) is 5.53. The SMILES string of the molecule is CC(C)NCC1CCNc2c(Br)cccc21. The lowest BCUT2D eigenvalue weighted by Gasteiger charge is -2.28. The summed E-state index contributed by atoms with van der Waals surface area (Å²) in [7, 11) is 0. The fraction of sp³-hybridized carbons (Fsp3) is 0.538. The lowest BCUT2D eigenvalue weighted by Crippen LogP contribution is -2.31. The first kappa shape index (κ1) is 11.9. The third-order valence-corrected chi connectivity index (χ3v) is 3.71. The van der Waals surface area contributed by atoms with Gasteiger partial charge in [0.05, 0.1) is 5.69 Å². The molecule has 2 N–H and O–H groups in total. The van der Waals surface area contributed by atoms with Crippen molar-refractivity contribution < 1.29 is 0 Å². The van der Waals surface area contributed by atoms with Gasteiger partial charge in [-0.25, -0.2) is 0 Å². The lowest BCUT2D eigenvalue weighted by molar-refractivity contribution is 0.509. The minimum atomic E-state index is 0.561. The topological polar surface area (TPSA) is 24.1 Å². The Balaban J connectivity index is 2.16. The van der Waals surface area contributed by atoms with Crippen LogP contribution in [0.3, 0.4) is 0 Å². The number of rotatable bonds is 3. The van der Waals surface area contributed by atoms with Crippen molar-refractivity contribution in [1.29, 1.82) is 0 Å². The molecule has 1 aliphatic heterocycles. The van der Waals surface area contributed by atoms with Crippen LogP contribution in [0, 0.1) is 0 Å². The van der Waals surface area contributed by atoms with Crippen molar-refractivity contribution in [3.63, 3.8) is 0 Å². The summed E-state index contributed by atoms with van der Waals surface area (Å²) in [5.41, 5.74) is 2.72. The molecule has 0 amide bonds. The number of halogens is 1. The van der Waals surface area contributed by atoms with Crippen molar-refractivity contribution >= 4 is 21.6 Å². The van der Waals surface area contributed by atoms with Gasteiger partial charge in [0.2, 0.25) is 0 Å². The molecule has 1 aromatic carbocycles. The van der Waals surface area contributed by atoms with E-state index in [4.69, 9.17) is 0 Å². The molecule has 2 rings (SSSR count). The molecule has 0 aliphatic carbocycles. The van der Waals surface area contributed by atoms with E-state index in [9.17, 15) is 0 Å². The number of fused-ring (bicyclic) bond motifs is 1. The Morgan fingerprint density at radius 1 is 1.50 bits per heavy atom. The third-order valence-electron chi connectivity index (χ3n) is 3.05. The van der Waals surface area contributed by atoms with E-state index < -0.39 is 0 Å². The van der Waals surface area contributed by atoms with E-state index >= 15 is 0 Å². The van der Waals surface area contributed by atoms with Gasteiger partial charge in [-0.3, -0.25) is 0 Å². The summed E-state index contributed by atoms with van der Waals surface area (Å²) < 4.78 is 1.18. The maximum absolute atomic E-state index is 3.61. The van der Waals surface area contributed by atoms with Crippen LogP contribution < -0.4 is 10.6 Å². The van der Waals surface area contributed by atoms with Crippen molar-refractivity contribution in [3.8, 4) is 0 Å². The third kappa shape index (κ3) is 2.58. The highest BCUT2D eigenvalue weighted by atomic mass is 79.9. The predicted molar refractivity (Wildman–Crippen MR) is 73.1 cm³/mol. The van der Waals surface area contributed by atoms with Crippen molar-refractivity contribution in [2.45, 2.75) is 32.2 Å². The molecular weight excluding hydrogens is 264 g/mol. The summed E-state index contributed by atoms with van der Waals surface area (Å²) in [5, 5.41) is 7.01. The summed E-state index contributed by atoms with van der Waals surface area (Å²) in [6.45, 7) is 6.54. The molecule has 88 valence electrons. The van der Waals surface area contributed by atoms with E-state index in [0.717, 1.165) is 13.1 Å². The van der Waals surface area contributed by atoms with Crippen molar-refractivity contribution in [3.05, 3.63) is 28.2 Å². The van der Waals surface area contributed by atoms with Gasteiger partial charge in [0, 0.05) is 29.5 Å². The molecule has 1 unspecified atom stereocenters. The second-order valence-electron chi connectivity index (χ2n) is 4.68. The second kappa shape index (κ2) is 5.19. The van der Waals surface area contributed by atoms with Gasteiger partial charge >= 0.3 is 0 Å². The highest BCUT2D eigenvalue weighted by Crippen LogP contribution is 2.36. The van der Waals surface area contributed by atoms with Gasteiger partial charge in [0.25, 0.3) is 0 Å². The van der Waals surface area contributed by atoms with Crippen LogP contribution in [0.25, 0.3) is 0 Å². The maximum Gasteiger partial charge on any atom is 0.0520 e. The van der Waals surface area contributed by atoms with Gasteiger partial charge in [-0.1, -0.05) is 26.0 Å². The molecule has 1 aromatic rings. The molecule has 2 nitrogen and oxygen atoms in total. The molecule has 0 spiro atoms. The summed E-state index contributed by atoms with van der Waals surface area (Å²) in [4.78, 5) is 0. The summed E-state index contributed by atoms with van der Waals surface area (Å²) in [5.74, 6) is 0.635. The fourth-order valence-corrected chi connectivity index (χ4v) is 2.71. The van der Waals surface area contributed by atoms with Crippen LogP contribution in [0.2, 0.25) is 0 Å². The first-order valence-corrected chi connectivity index (χ1v) is 6.73. The molecule has 3 heteroatoms. The van der Waals surface area contributed by atoms with E-state index in [-0.39, 0.29) is 0 Å². The van der Waals surface area contributed by atoms with Gasteiger partial charge < -0.3 is 10.6 Å². The zero-order valence-corrected chi connectivity index (χ0v) is 11.5. The normalized spacial score (nSPS) is 19.4. The zero-order chi connectivity index (χ0) is 11.5. The molecular formula is C13H19BrN2. The molecule has 0 saturated heterocycles. The van der Waals surface area contributed by atoms with Gasteiger partial charge in [-0.2, -0.15) is 0 Å². The Kier molecular flexibility index (Phi) is 3.87. The number of nitrogens with one attached hydrogen (secondary N) is 2. The minimum Gasteiger partial charge on any atom is -0.384 e. The molecule has 0 saturated carbocycles. The zero-order valence-electron chi connectivity index (χ0n) is 9.89. The average molecular weight is 283 g/mol. The van der Waals surface area contributed by atoms with E-state index in [1.54, 1.807) is 0 Å². The Morgan fingerprint density at radius 3 is 3.06 bits per heavy atom. The number of anilines is 1. The standard InChI is InChI=1S/C13H19BrN2/c1-9(2)16-8-10-6-7-15-13-11(10)4-3-5-12(13)14/h3-5,9-10,15-16H,6-8H2,1-2H3. The van der Waals surface area contributed by atoms with Crippen LogP contribution >= 0.6 is 15.9 Å². The Bertz CT molecular complexity index is 363. The van der Waals surface area contributed by atoms with Crippen LogP contribution in [0.5, 0.6) is 0 Å². The van der Waals surface area contributed by atoms with Gasteiger partial charge in [0.1, 0.15) is 0 Å². The first-order chi connectivity index (χ1) is 7.68. The van der Waals surface area contributed by atoms with E-state index in [2.05, 4.69) is 58.6 Å². The molecule has 0 bridgehead atoms. The molecule has 0 fully saturated rings. The minimum absolute atomic E-state index is 0.561.